The molecule has 0 radical (unpaired) electrons. The fraction of sp³-hybridized carbons (Fsp3) is 0.500. The highest BCUT2D eigenvalue weighted by molar-refractivity contribution is 5.98. The number of ether oxygens (including phenoxy) is 4. The summed E-state index contributed by atoms with van der Waals surface area (Å²) in [6, 6.07) is 10.8. The maximum atomic E-state index is 12.8. The van der Waals surface area contributed by atoms with Crippen molar-refractivity contribution in [2.45, 2.75) is 32.3 Å². The van der Waals surface area contributed by atoms with Crippen molar-refractivity contribution < 1.29 is 38.4 Å². The molecule has 224 valence electrons. The molecule has 11 heteroatoms. The Hall–Kier alpha value is -3.51. The van der Waals surface area contributed by atoms with Gasteiger partial charge in [0.2, 0.25) is 0 Å². The summed E-state index contributed by atoms with van der Waals surface area (Å²) >= 11 is 0. The quantitative estimate of drug-likeness (QED) is 0.239. The van der Waals surface area contributed by atoms with Crippen molar-refractivity contribution in [2.75, 3.05) is 66.4 Å². The van der Waals surface area contributed by atoms with E-state index < -0.39 is 11.7 Å². The van der Waals surface area contributed by atoms with Gasteiger partial charge in [-0.1, -0.05) is 12.1 Å². The Labute approximate surface area is 240 Å². The SMILES string of the molecule is COCCOCCOCCNC(=O)c1ccc2c(c1)C(CO)c1cc(C(=O)NCCNC(=O)OC(C)(C)C)ccc1-2. The van der Waals surface area contributed by atoms with E-state index in [4.69, 9.17) is 18.9 Å². The second-order valence-electron chi connectivity index (χ2n) is 10.5. The largest absolute Gasteiger partial charge is 0.444 e. The van der Waals surface area contributed by atoms with Crippen molar-refractivity contribution in [3.8, 4) is 11.1 Å². The van der Waals surface area contributed by atoms with Crippen molar-refractivity contribution in [2.24, 2.45) is 0 Å². The summed E-state index contributed by atoms with van der Waals surface area (Å²) in [5.74, 6) is -0.897. The number of alkyl carbamates (subject to hydrolysis) is 1. The monoisotopic (exact) mass is 571 g/mol. The smallest absolute Gasteiger partial charge is 0.407 e. The highest BCUT2D eigenvalue weighted by atomic mass is 16.6. The molecule has 4 N–H and O–H groups in total. The van der Waals surface area contributed by atoms with Crippen LogP contribution in [-0.4, -0.2) is 95.0 Å². The van der Waals surface area contributed by atoms with Crippen LogP contribution in [0.15, 0.2) is 36.4 Å². The topological polar surface area (TPSA) is 144 Å². The van der Waals surface area contributed by atoms with Gasteiger partial charge in [-0.25, -0.2) is 4.79 Å². The highest BCUT2D eigenvalue weighted by Crippen LogP contribution is 2.45. The summed E-state index contributed by atoms with van der Waals surface area (Å²) in [6.07, 6.45) is -0.547. The molecule has 1 aliphatic rings. The summed E-state index contributed by atoms with van der Waals surface area (Å²) in [5, 5.41) is 18.5. The molecule has 0 aliphatic heterocycles. The average molecular weight is 572 g/mol. The molecule has 1 atom stereocenters. The standard InChI is InChI=1S/C30H41N3O8/c1-30(2,3)41-29(37)33-10-9-31-27(35)20-5-7-22-23-8-6-21(18-25(23)26(19-34)24(22)17-20)28(36)32-11-12-39-15-16-40-14-13-38-4/h5-8,17-18,26,34H,9-16,19H2,1-4H3,(H,31,35)(H,32,36)(H,33,37). The molecule has 1 unspecified atom stereocenters. The molecule has 0 fully saturated rings. The van der Waals surface area contributed by atoms with Gasteiger partial charge in [0.25, 0.3) is 11.8 Å². The van der Waals surface area contributed by atoms with Gasteiger partial charge in [-0.3, -0.25) is 9.59 Å². The Morgan fingerprint density at radius 2 is 1.27 bits per heavy atom. The lowest BCUT2D eigenvalue weighted by molar-refractivity contribution is 0.0255. The maximum Gasteiger partial charge on any atom is 0.407 e. The Balaban J connectivity index is 1.53. The minimum absolute atomic E-state index is 0.170. The minimum Gasteiger partial charge on any atom is -0.444 e. The number of aliphatic hydroxyl groups is 1. The van der Waals surface area contributed by atoms with E-state index in [1.807, 2.05) is 12.1 Å². The summed E-state index contributed by atoms with van der Waals surface area (Å²) < 4.78 is 20.9. The van der Waals surface area contributed by atoms with Gasteiger partial charge in [-0.2, -0.15) is 0 Å². The van der Waals surface area contributed by atoms with E-state index >= 15 is 0 Å². The van der Waals surface area contributed by atoms with E-state index in [0.717, 1.165) is 22.3 Å². The number of rotatable bonds is 15. The first kappa shape index (κ1) is 32.0. The number of fused-ring (bicyclic) bond motifs is 3. The molecule has 0 spiro atoms. The molecule has 0 saturated carbocycles. The van der Waals surface area contributed by atoms with E-state index in [2.05, 4.69) is 16.0 Å². The van der Waals surface area contributed by atoms with Crippen molar-refractivity contribution in [1.82, 2.24) is 16.0 Å². The first-order valence-corrected chi connectivity index (χ1v) is 13.7. The normalized spacial score (nSPS) is 13.7. The van der Waals surface area contributed by atoms with Gasteiger partial charge in [0.15, 0.2) is 0 Å². The van der Waals surface area contributed by atoms with Gasteiger partial charge < -0.3 is 40.0 Å². The van der Waals surface area contributed by atoms with Gasteiger partial charge in [0.1, 0.15) is 5.60 Å². The molecule has 41 heavy (non-hydrogen) atoms. The van der Waals surface area contributed by atoms with Gasteiger partial charge in [0.05, 0.1) is 39.6 Å². The number of carbonyl (C=O) groups excluding carboxylic acids is 3. The van der Waals surface area contributed by atoms with E-state index in [1.54, 1.807) is 52.1 Å². The molecule has 0 bridgehead atoms. The lowest BCUT2D eigenvalue weighted by atomic mass is 9.95. The number of nitrogens with one attached hydrogen (secondary N) is 3. The number of amides is 3. The van der Waals surface area contributed by atoms with E-state index in [9.17, 15) is 19.5 Å². The number of hydrogen-bond donors (Lipinski definition) is 4. The Morgan fingerprint density at radius 1 is 0.756 bits per heavy atom. The highest BCUT2D eigenvalue weighted by Gasteiger charge is 2.30. The Bertz CT molecular complexity index is 1190. The van der Waals surface area contributed by atoms with Crippen LogP contribution in [0.1, 0.15) is 58.5 Å². The van der Waals surface area contributed by atoms with Crippen molar-refractivity contribution >= 4 is 17.9 Å². The van der Waals surface area contributed by atoms with Gasteiger partial charge in [0, 0.05) is 43.8 Å². The molecule has 1 aliphatic carbocycles. The third-order valence-corrected chi connectivity index (χ3v) is 6.27. The Kier molecular flexibility index (Phi) is 12.1. The molecular weight excluding hydrogens is 530 g/mol. The first-order valence-electron chi connectivity index (χ1n) is 13.7. The molecule has 0 saturated heterocycles. The fourth-order valence-electron chi connectivity index (χ4n) is 4.40. The zero-order chi connectivity index (χ0) is 29.8. The Morgan fingerprint density at radius 3 is 1.80 bits per heavy atom. The predicted molar refractivity (Wildman–Crippen MR) is 153 cm³/mol. The number of methoxy groups -OCH3 is 1. The zero-order valence-electron chi connectivity index (χ0n) is 24.2. The summed E-state index contributed by atoms with van der Waals surface area (Å²) in [7, 11) is 1.61. The number of aliphatic hydroxyl groups excluding tert-OH is 1. The summed E-state index contributed by atoms with van der Waals surface area (Å²) in [4.78, 5) is 37.3. The van der Waals surface area contributed by atoms with Crippen molar-refractivity contribution in [1.29, 1.82) is 0 Å². The maximum absolute atomic E-state index is 12.8. The molecule has 2 aromatic rings. The van der Waals surface area contributed by atoms with Crippen LogP contribution in [0.2, 0.25) is 0 Å². The van der Waals surface area contributed by atoms with Crippen LogP contribution in [0.5, 0.6) is 0 Å². The van der Waals surface area contributed by atoms with E-state index in [1.165, 1.54) is 0 Å². The van der Waals surface area contributed by atoms with Crippen LogP contribution in [0.25, 0.3) is 11.1 Å². The summed E-state index contributed by atoms with van der Waals surface area (Å²) in [6.45, 7) is 8.24. The van der Waals surface area contributed by atoms with Gasteiger partial charge in [-0.05, 0) is 67.3 Å². The zero-order valence-corrected chi connectivity index (χ0v) is 24.2. The summed E-state index contributed by atoms with van der Waals surface area (Å²) in [5.41, 5.74) is 3.80. The molecule has 2 aromatic carbocycles. The lowest BCUT2D eigenvalue weighted by Gasteiger charge is -2.19. The second kappa shape index (κ2) is 15.5. The van der Waals surface area contributed by atoms with Crippen LogP contribution in [-0.2, 0) is 18.9 Å². The van der Waals surface area contributed by atoms with Crippen LogP contribution >= 0.6 is 0 Å². The average Bonchev–Trinajstić information content (AvgIpc) is 3.25. The van der Waals surface area contributed by atoms with Crippen LogP contribution in [0.4, 0.5) is 4.79 Å². The van der Waals surface area contributed by atoms with Crippen molar-refractivity contribution in [3.63, 3.8) is 0 Å². The molecular formula is C30H41N3O8. The predicted octanol–water partition coefficient (Wildman–Crippen LogP) is 2.46. The van der Waals surface area contributed by atoms with E-state index in [0.29, 0.717) is 50.7 Å². The van der Waals surface area contributed by atoms with Crippen LogP contribution in [0, 0.1) is 0 Å². The third-order valence-electron chi connectivity index (χ3n) is 6.27. The van der Waals surface area contributed by atoms with Crippen LogP contribution < -0.4 is 16.0 Å². The van der Waals surface area contributed by atoms with Gasteiger partial charge in [-0.15, -0.1) is 0 Å². The van der Waals surface area contributed by atoms with Crippen molar-refractivity contribution in [3.05, 3.63) is 58.7 Å². The van der Waals surface area contributed by atoms with Gasteiger partial charge >= 0.3 is 6.09 Å². The number of benzene rings is 2. The molecule has 0 heterocycles. The lowest BCUT2D eigenvalue weighted by Crippen LogP contribution is -2.37. The molecule has 3 rings (SSSR count). The molecule has 0 aromatic heterocycles. The molecule has 3 amide bonds. The molecule has 11 nitrogen and oxygen atoms in total. The number of carbonyl (C=O) groups is 3. The fourth-order valence-corrected chi connectivity index (χ4v) is 4.40. The second-order valence-corrected chi connectivity index (χ2v) is 10.5. The van der Waals surface area contributed by atoms with Crippen LogP contribution in [0.3, 0.4) is 0 Å². The number of hydrogen-bond acceptors (Lipinski definition) is 8. The minimum atomic E-state index is -0.599. The van der Waals surface area contributed by atoms with E-state index in [-0.39, 0.29) is 37.4 Å². The first-order chi connectivity index (χ1) is 19.6. The third kappa shape index (κ3) is 9.53.